The van der Waals surface area contributed by atoms with E-state index in [0.29, 0.717) is 71.8 Å². The Morgan fingerprint density at radius 3 is 1.59 bits per heavy atom. The van der Waals surface area contributed by atoms with Crippen molar-refractivity contribution in [3.63, 3.8) is 0 Å². The SMILES string of the molecule is COCCOCCOCCOCCOCCOCCC(=O)NC(C(=O)N[C@@H](C)C(=O)Nc1ccc(C)cc1)C(C)C. The monoisotopic (exact) mass is 583 g/mol. The standard InChI is InChI=1S/C29H49N3O9/c1-22(2)27(29(35)30-24(4)28(34)31-25-8-6-23(3)7-9-25)32-26(33)10-11-37-14-15-39-18-19-41-21-20-40-17-16-38-13-12-36-5/h6-9,22,24,27H,10-21H2,1-5H3,(H,30,35)(H,31,34)(H,32,33)/t24-,27?/m0/s1. The van der Waals surface area contributed by atoms with E-state index >= 15 is 0 Å². The van der Waals surface area contributed by atoms with Crippen LogP contribution in [-0.2, 0) is 42.8 Å². The number of nitrogens with one attached hydrogen (secondary N) is 3. The molecule has 12 nitrogen and oxygen atoms in total. The number of hydrogen-bond donors (Lipinski definition) is 3. The predicted octanol–water partition coefficient (Wildman–Crippen LogP) is 1.70. The summed E-state index contributed by atoms with van der Waals surface area (Å²) >= 11 is 0. The van der Waals surface area contributed by atoms with Gasteiger partial charge in [-0.05, 0) is 31.9 Å². The summed E-state index contributed by atoms with van der Waals surface area (Å²) in [6.07, 6.45) is 0.0977. The first kappa shape index (κ1) is 36.4. The molecule has 1 unspecified atom stereocenters. The molecule has 2 atom stereocenters. The molecule has 0 radical (unpaired) electrons. The van der Waals surface area contributed by atoms with Crippen molar-refractivity contribution in [2.75, 3.05) is 85.1 Å². The van der Waals surface area contributed by atoms with Crippen LogP contribution in [-0.4, -0.2) is 110 Å². The Hall–Kier alpha value is -2.61. The van der Waals surface area contributed by atoms with Crippen molar-refractivity contribution in [2.24, 2.45) is 5.92 Å². The summed E-state index contributed by atoms with van der Waals surface area (Å²) in [7, 11) is 1.63. The lowest BCUT2D eigenvalue weighted by Gasteiger charge is -2.24. The highest BCUT2D eigenvalue weighted by Gasteiger charge is 2.27. The molecule has 0 heterocycles. The van der Waals surface area contributed by atoms with E-state index in [1.165, 1.54) is 0 Å². The van der Waals surface area contributed by atoms with Crippen LogP contribution in [0.15, 0.2) is 24.3 Å². The normalized spacial score (nSPS) is 12.6. The molecule has 0 aliphatic carbocycles. The van der Waals surface area contributed by atoms with Crippen LogP contribution in [0, 0.1) is 12.8 Å². The first-order valence-electron chi connectivity index (χ1n) is 14.1. The average molecular weight is 584 g/mol. The molecule has 0 aliphatic rings. The Bertz CT molecular complexity index is 852. The summed E-state index contributed by atoms with van der Waals surface area (Å²) in [4.78, 5) is 37.6. The minimum atomic E-state index is -0.778. The summed E-state index contributed by atoms with van der Waals surface area (Å²) in [6.45, 7) is 12.1. The van der Waals surface area contributed by atoms with Gasteiger partial charge in [-0.1, -0.05) is 31.5 Å². The van der Waals surface area contributed by atoms with E-state index < -0.39 is 18.0 Å². The quantitative estimate of drug-likeness (QED) is 0.155. The van der Waals surface area contributed by atoms with E-state index in [-0.39, 0.29) is 30.8 Å². The van der Waals surface area contributed by atoms with Crippen LogP contribution in [0.1, 0.15) is 32.8 Å². The second-order valence-corrected chi connectivity index (χ2v) is 9.68. The molecular weight excluding hydrogens is 534 g/mol. The Labute approximate surface area is 244 Å². The minimum absolute atomic E-state index is 0.0977. The molecule has 0 spiro atoms. The lowest BCUT2D eigenvalue weighted by Crippen LogP contribution is -2.53. The number of aryl methyl sites for hydroxylation is 1. The van der Waals surface area contributed by atoms with Gasteiger partial charge in [-0.2, -0.15) is 0 Å². The van der Waals surface area contributed by atoms with Crippen molar-refractivity contribution in [1.82, 2.24) is 10.6 Å². The summed E-state index contributed by atoms with van der Waals surface area (Å²) in [5.41, 5.74) is 1.72. The smallest absolute Gasteiger partial charge is 0.246 e. The number of benzene rings is 1. The zero-order chi connectivity index (χ0) is 30.3. The molecular formula is C29H49N3O9. The van der Waals surface area contributed by atoms with Crippen LogP contribution in [0.5, 0.6) is 0 Å². The van der Waals surface area contributed by atoms with Gasteiger partial charge < -0.3 is 44.4 Å². The largest absolute Gasteiger partial charge is 0.382 e. The zero-order valence-electron chi connectivity index (χ0n) is 25.2. The molecule has 0 saturated heterocycles. The summed E-state index contributed by atoms with van der Waals surface area (Å²) < 4.78 is 31.9. The Balaban J connectivity index is 2.11. The molecule has 0 saturated carbocycles. The van der Waals surface area contributed by atoms with Gasteiger partial charge in [-0.3, -0.25) is 14.4 Å². The number of carbonyl (C=O) groups excluding carboxylic acids is 3. The van der Waals surface area contributed by atoms with Crippen molar-refractivity contribution in [3.8, 4) is 0 Å². The highest BCUT2D eigenvalue weighted by atomic mass is 16.6. The van der Waals surface area contributed by atoms with Crippen molar-refractivity contribution < 1.29 is 42.8 Å². The number of carbonyl (C=O) groups is 3. The molecule has 0 aromatic heterocycles. The molecule has 0 fully saturated rings. The number of anilines is 1. The van der Waals surface area contributed by atoms with Crippen LogP contribution in [0.4, 0.5) is 5.69 Å². The van der Waals surface area contributed by atoms with E-state index in [4.69, 9.17) is 28.4 Å². The Morgan fingerprint density at radius 1 is 0.659 bits per heavy atom. The number of ether oxygens (including phenoxy) is 6. The van der Waals surface area contributed by atoms with Gasteiger partial charge in [0, 0.05) is 19.2 Å². The average Bonchev–Trinajstić information content (AvgIpc) is 2.94. The molecule has 12 heteroatoms. The molecule has 234 valence electrons. The molecule has 3 N–H and O–H groups in total. The maximum Gasteiger partial charge on any atom is 0.246 e. The molecule has 0 aliphatic heterocycles. The van der Waals surface area contributed by atoms with Gasteiger partial charge in [0.1, 0.15) is 12.1 Å². The molecule has 1 rings (SSSR count). The number of amides is 3. The fourth-order valence-electron chi connectivity index (χ4n) is 3.33. The molecule has 0 bridgehead atoms. The number of hydrogen-bond acceptors (Lipinski definition) is 9. The third-order valence-corrected chi connectivity index (χ3v) is 5.73. The Morgan fingerprint density at radius 2 is 1.12 bits per heavy atom. The van der Waals surface area contributed by atoms with E-state index in [9.17, 15) is 14.4 Å². The second kappa shape index (κ2) is 23.0. The van der Waals surface area contributed by atoms with Gasteiger partial charge in [-0.25, -0.2) is 0 Å². The van der Waals surface area contributed by atoms with E-state index in [0.717, 1.165) is 5.56 Å². The number of rotatable bonds is 24. The number of methoxy groups -OCH3 is 1. The first-order chi connectivity index (χ1) is 19.7. The fraction of sp³-hybridized carbons (Fsp3) is 0.690. The topological polar surface area (TPSA) is 143 Å². The van der Waals surface area contributed by atoms with Crippen molar-refractivity contribution in [3.05, 3.63) is 29.8 Å². The van der Waals surface area contributed by atoms with Crippen LogP contribution in [0.3, 0.4) is 0 Å². The van der Waals surface area contributed by atoms with Gasteiger partial charge in [-0.15, -0.1) is 0 Å². The predicted molar refractivity (Wildman–Crippen MR) is 155 cm³/mol. The van der Waals surface area contributed by atoms with Gasteiger partial charge in [0.2, 0.25) is 17.7 Å². The minimum Gasteiger partial charge on any atom is -0.382 e. The highest BCUT2D eigenvalue weighted by molar-refractivity contribution is 5.98. The third-order valence-electron chi connectivity index (χ3n) is 5.73. The molecule has 1 aromatic carbocycles. The third kappa shape index (κ3) is 18.4. The van der Waals surface area contributed by atoms with Gasteiger partial charge in [0.05, 0.1) is 72.7 Å². The van der Waals surface area contributed by atoms with Gasteiger partial charge in [0.15, 0.2) is 0 Å². The summed E-state index contributed by atoms with van der Waals surface area (Å²) in [6, 6.07) is 5.82. The molecule has 3 amide bonds. The van der Waals surface area contributed by atoms with E-state index in [1.807, 2.05) is 32.9 Å². The maximum absolute atomic E-state index is 12.8. The lowest BCUT2D eigenvalue weighted by atomic mass is 10.0. The van der Waals surface area contributed by atoms with Crippen LogP contribution in [0.25, 0.3) is 0 Å². The first-order valence-corrected chi connectivity index (χ1v) is 14.1. The molecule has 1 aromatic rings. The van der Waals surface area contributed by atoms with Gasteiger partial charge >= 0.3 is 0 Å². The van der Waals surface area contributed by atoms with Gasteiger partial charge in [0.25, 0.3) is 0 Å². The van der Waals surface area contributed by atoms with Crippen LogP contribution < -0.4 is 16.0 Å². The lowest BCUT2D eigenvalue weighted by molar-refractivity contribution is -0.132. The highest BCUT2D eigenvalue weighted by Crippen LogP contribution is 2.09. The van der Waals surface area contributed by atoms with Crippen molar-refractivity contribution in [2.45, 2.75) is 46.2 Å². The van der Waals surface area contributed by atoms with Crippen molar-refractivity contribution >= 4 is 23.4 Å². The summed E-state index contributed by atoms with van der Waals surface area (Å²) in [5.74, 6) is -1.25. The fourth-order valence-corrected chi connectivity index (χ4v) is 3.33. The second-order valence-electron chi connectivity index (χ2n) is 9.68. The Kier molecular flexibility index (Phi) is 20.4. The molecule has 41 heavy (non-hydrogen) atoms. The van der Waals surface area contributed by atoms with Crippen molar-refractivity contribution in [1.29, 1.82) is 0 Å². The summed E-state index contributed by atoms with van der Waals surface area (Å²) in [5, 5.41) is 8.19. The van der Waals surface area contributed by atoms with E-state index in [1.54, 1.807) is 26.2 Å². The zero-order valence-corrected chi connectivity index (χ0v) is 25.2. The van der Waals surface area contributed by atoms with Crippen LogP contribution >= 0.6 is 0 Å². The van der Waals surface area contributed by atoms with E-state index in [2.05, 4.69) is 16.0 Å². The van der Waals surface area contributed by atoms with Crippen LogP contribution in [0.2, 0.25) is 0 Å². The maximum atomic E-state index is 12.8.